The smallest absolute Gasteiger partial charge is 0.257 e. The second-order valence-electron chi connectivity index (χ2n) is 4.48. The second kappa shape index (κ2) is 6.51. The molecule has 0 saturated carbocycles. The lowest BCUT2D eigenvalue weighted by molar-refractivity contribution is -0.143. The van der Waals surface area contributed by atoms with Crippen LogP contribution in [-0.4, -0.2) is 18.0 Å². The van der Waals surface area contributed by atoms with Crippen LogP contribution in [0.3, 0.4) is 0 Å². The van der Waals surface area contributed by atoms with Crippen LogP contribution in [0.1, 0.15) is 17.4 Å². The Balaban J connectivity index is 2.16. The summed E-state index contributed by atoms with van der Waals surface area (Å²) in [6, 6.07) is 6.04. The summed E-state index contributed by atoms with van der Waals surface area (Å²) in [7, 11) is 1.37. The first-order chi connectivity index (χ1) is 9.97. The molecule has 0 unspecified atom stereocenters. The first kappa shape index (κ1) is 15.9. The maximum atomic E-state index is 13.9. The molecule has 0 aliphatic carbocycles. The van der Waals surface area contributed by atoms with Crippen LogP contribution in [0, 0.1) is 5.82 Å². The van der Waals surface area contributed by atoms with E-state index in [-0.39, 0.29) is 12.1 Å². The fraction of sp³-hybridized carbons (Fsp3) is 0.286. The highest BCUT2D eigenvalue weighted by atomic mass is 35.5. The van der Waals surface area contributed by atoms with Crippen LogP contribution in [0.25, 0.3) is 0 Å². The van der Waals surface area contributed by atoms with Gasteiger partial charge in [0.25, 0.3) is 5.91 Å². The number of aromatic nitrogens is 1. The maximum absolute atomic E-state index is 13.9. The monoisotopic (exact) mass is 328 g/mol. The van der Waals surface area contributed by atoms with Gasteiger partial charge in [-0.2, -0.15) is 0 Å². The summed E-state index contributed by atoms with van der Waals surface area (Å²) < 4.78 is 19.6. The average molecular weight is 329 g/mol. The van der Waals surface area contributed by atoms with Crippen molar-refractivity contribution in [1.29, 1.82) is 0 Å². The summed E-state index contributed by atoms with van der Waals surface area (Å²) in [5.74, 6) is -0.919. The second-order valence-corrected chi connectivity index (χ2v) is 6.18. The van der Waals surface area contributed by atoms with E-state index in [1.165, 1.54) is 37.5 Å². The molecule has 1 aromatic carbocycles. The van der Waals surface area contributed by atoms with Gasteiger partial charge in [-0.15, -0.1) is 11.3 Å². The number of ether oxygens (including phenoxy) is 1. The van der Waals surface area contributed by atoms with E-state index in [4.69, 9.17) is 16.3 Å². The fourth-order valence-electron chi connectivity index (χ4n) is 1.87. The standard InChI is InChI=1S/C14H14ClFN2O2S/c1-14(20-2,10-5-3-4-6-11(10)16)12(19)17-7-9-8-18-13(15)21-9/h3-6,8H,7H2,1-2H3,(H,17,19)/t14-/m1/s1. The third kappa shape index (κ3) is 3.40. The van der Waals surface area contributed by atoms with E-state index in [0.29, 0.717) is 4.47 Å². The molecule has 0 bridgehead atoms. The van der Waals surface area contributed by atoms with Gasteiger partial charge in [0.2, 0.25) is 0 Å². The molecule has 0 fully saturated rings. The van der Waals surface area contributed by atoms with Crippen molar-refractivity contribution < 1.29 is 13.9 Å². The average Bonchev–Trinajstić information content (AvgIpc) is 2.90. The van der Waals surface area contributed by atoms with Crippen LogP contribution in [0.15, 0.2) is 30.5 Å². The van der Waals surface area contributed by atoms with Crippen LogP contribution < -0.4 is 5.32 Å². The molecule has 0 radical (unpaired) electrons. The number of methoxy groups -OCH3 is 1. The normalized spacial score (nSPS) is 13.7. The van der Waals surface area contributed by atoms with Gasteiger partial charge in [-0.25, -0.2) is 9.37 Å². The predicted molar refractivity (Wildman–Crippen MR) is 79.7 cm³/mol. The Morgan fingerprint density at radius 3 is 2.81 bits per heavy atom. The van der Waals surface area contributed by atoms with Gasteiger partial charge in [-0.05, 0) is 13.0 Å². The van der Waals surface area contributed by atoms with Gasteiger partial charge in [0.05, 0.1) is 6.54 Å². The molecule has 0 aliphatic rings. The molecule has 7 heteroatoms. The van der Waals surface area contributed by atoms with Gasteiger partial charge >= 0.3 is 0 Å². The molecule has 4 nitrogen and oxygen atoms in total. The Morgan fingerprint density at radius 1 is 1.52 bits per heavy atom. The molecular weight excluding hydrogens is 315 g/mol. The molecular formula is C14H14ClFN2O2S. The number of thiazole rings is 1. The van der Waals surface area contributed by atoms with Crippen molar-refractivity contribution in [3.63, 3.8) is 0 Å². The van der Waals surface area contributed by atoms with Gasteiger partial charge < -0.3 is 10.1 Å². The highest BCUT2D eigenvalue weighted by molar-refractivity contribution is 7.15. The molecule has 1 amide bonds. The van der Waals surface area contributed by atoms with Crippen molar-refractivity contribution in [2.75, 3.05) is 7.11 Å². The lowest BCUT2D eigenvalue weighted by atomic mass is 9.94. The number of hydrogen-bond acceptors (Lipinski definition) is 4. The number of benzene rings is 1. The van der Waals surface area contributed by atoms with Crippen LogP contribution in [0.2, 0.25) is 4.47 Å². The first-order valence-corrected chi connectivity index (χ1v) is 7.35. The number of nitrogens with one attached hydrogen (secondary N) is 1. The van der Waals surface area contributed by atoms with Gasteiger partial charge in [-0.3, -0.25) is 4.79 Å². The van der Waals surface area contributed by atoms with Crippen molar-refractivity contribution in [1.82, 2.24) is 10.3 Å². The molecule has 0 spiro atoms. The third-order valence-electron chi connectivity index (χ3n) is 3.18. The van der Waals surface area contributed by atoms with Crippen molar-refractivity contribution in [3.8, 4) is 0 Å². The van der Waals surface area contributed by atoms with Gasteiger partial charge in [0, 0.05) is 23.7 Å². The zero-order chi connectivity index (χ0) is 15.5. The van der Waals surface area contributed by atoms with E-state index < -0.39 is 17.3 Å². The lowest BCUT2D eigenvalue weighted by Gasteiger charge is -2.27. The van der Waals surface area contributed by atoms with E-state index in [1.54, 1.807) is 18.3 Å². The SMILES string of the molecule is CO[C@@](C)(C(=O)NCc1cnc(Cl)s1)c1ccccc1F. The zero-order valence-corrected chi connectivity index (χ0v) is 13.1. The Labute approximate surface area is 130 Å². The summed E-state index contributed by atoms with van der Waals surface area (Å²) in [5, 5.41) is 2.71. The summed E-state index contributed by atoms with van der Waals surface area (Å²) in [6.45, 7) is 1.79. The molecule has 1 atom stereocenters. The maximum Gasteiger partial charge on any atom is 0.257 e. The van der Waals surface area contributed by atoms with Gasteiger partial charge in [0.1, 0.15) is 5.82 Å². The third-order valence-corrected chi connectivity index (χ3v) is 4.29. The Hall–Kier alpha value is -1.50. The molecule has 21 heavy (non-hydrogen) atoms. The van der Waals surface area contributed by atoms with Gasteiger partial charge in [-0.1, -0.05) is 29.8 Å². The van der Waals surface area contributed by atoms with E-state index >= 15 is 0 Å². The number of carbonyl (C=O) groups excluding carboxylic acids is 1. The number of amides is 1. The number of rotatable bonds is 5. The summed E-state index contributed by atoms with van der Waals surface area (Å²) >= 11 is 7.00. The summed E-state index contributed by atoms with van der Waals surface area (Å²) in [5.41, 5.74) is -1.22. The molecule has 0 aliphatic heterocycles. The minimum atomic E-state index is -1.40. The van der Waals surface area contributed by atoms with E-state index in [0.717, 1.165) is 4.88 Å². The van der Waals surface area contributed by atoms with Crippen LogP contribution in [0.4, 0.5) is 4.39 Å². The topological polar surface area (TPSA) is 51.2 Å². The molecule has 2 rings (SSSR count). The van der Waals surface area contributed by atoms with Gasteiger partial charge in [0.15, 0.2) is 10.1 Å². The van der Waals surface area contributed by atoms with E-state index in [9.17, 15) is 9.18 Å². The number of nitrogens with zero attached hydrogens (tertiary/aromatic N) is 1. The molecule has 1 N–H and O–H groups in total. The van der Waals surface area contributed by atoms with Crippen molar-refractivity contribution >= 4 is 28.8 Å². The highest BCUT2D eigenvalue weighted by Gasteiger charge is 2.37. The molecule has 2 aromatic rings. The van der Waals surface area contributed by atoms with Crippen LogP contribution in [-0.2, 0) is 21.7 Å². The van der Waals surface area contributed by atoms with E-state index in [1.807, 2.05) is 0 Å². The van der Waals surface area contributed by atoms with E-state index in [2.05, 4.69) is 10.3 Å². The number of carbonyl (C=O) groups is 1. The molecule has 1 aromatic heterocycles. The van der Waals surface area contributed by atoms with Crippen LogP contribution >= 0.6 is 22.9 Å². The zero-order valence-electron chi connectivity index (χ0n) is 11.5. The number of halogens is 2. The molecule has 1 heterocycles. The van der Waals surface area contributed by atoms with Crippen LogP contribution in [0.5, 0.6) is 0 Å². The Morgan fingerprint density at radius 2 is 2.24 bits per heavy atom. The Kier molecular flexibility index (Phi) is 4.92. The Bertz CT molecular complexity index is 649. The summed E-state index contributed by atoms with van der Waals surface area (Å²) in [4.78, 5) is 17.1. The number of hydrogen-bond donors (Lipinski definition) is 1. The highest BCUT2D eigenvalue weighted by Crippen LogP contribution is 2.27. The van der Waals surface area contributed by atoms with Crippen molar-refractivity contribution in [2.24, 2.45) is 0 Å². The van der Waals surface area contributed by atoms with Crippen molar-refractivity contribution in [2.45, 2.75) is 19.1 Å². The minimum Gasteiger partial charge on any atom is -0.364 e. The largest absolute Gasteiger partial charge is 0.364 e. The van der Waals surface area contributed by atoms with Crippen molar-refractivity contribution in [3.05, 3.63) is 51.2 Å². The quantitative estimate of drug-likeness (QED) is 0.917. The summed E-state index contributed by atoms with van der Waals surface area (Å²) in [6.07, 6.45) is 1.58. The predicted octanol–water partition coefficient (Wildman–Crippen LogP) is 3.11. The molecule has 0 saturated heterocycles. The molecule has 112 valence electrons. The lowest BCUT2D eigenvalue weighted by Crippen LogP contribution is -2.43. The first-order valence-electron chi connectivity index (χ1n) is 6.16. The minimum absolute atomic E-state index is 0.187. The fourth-order valence-corrected chi connectivity index (χ4v) is 2.79.